The molecule has 2 aromatic rings. The van der Waals surface area contributed by atoms with Crippen molar-refractivity contribution < 1.29 is 14.3 Å². The Morgan fingerprint density at radius 2 is 1.81 bits per heavy atom. The predicted molar refractivity (Wildman–Crippen MR) is 76.9 cm³/mol. The van der Waals surface area contributed by atoms with Crippen molar-refractivity contribution in [2.45, 2.75) is 25.6 Å². The van der Waals surface area contributed by atoms with Gasteiger partial charge in [-0.05, 0) is 30.2 Å². The van der Waals surface area contributed by atoms with E-state index in [1.807, 2.05) is 13.0 Å². The van der Waals surface area contributed by atoms with Gasteiger partial charge < -0.3 is 10.0 Å². The average molecular weight is 285 g/mol. The van der Waals surface area contributed by atoms with Crippen LogP contribution in [0.5, 0.6) is 0 Å². The molecule has 1 heterocycles. The number of benzene rings is 2. The lowest BCUT2D eigenvalue weighted by molar-refractivity contribution is -0.0910. The summed E-state index contributed by atoms with van der Waals surface area (Å²) in [4.78, 5) is 14.0. The third kappa shape index (κ3) is 2.12. The monoisotopic (exact) mass is 285 g/mol. The molecule has 0 fully saturated rings. The molecule has 1 N–H and O–H groups in total. The van der Waals surface area contributed by atoms with Crippen molar-refractivity contribution in [2.75, 3.05) is 0 Å². The van der Waals surface area contributed by atoms with Gasteiger partial charge in [-0.2, -0.15) is 0 Å². The number of aliphatic hydroxyl groups is 1. The van der Waals surface area contributed by atoms with Crippen LogP contribution in [0.1, 0.15) is 34.8 Å². The summed E-state index contributed by atoms with van der Waals surface area (Å²) in [6.45, 7) is 2.09. The van der Waals surface area contributed by atoms with Gasteiger partial charge in [0.2, 0.25) is 0 Å². The molecule has 108 valence electrons. The maximum atomic E-state index is 13.0. The quantitative estimate of drug-likeness (QED) is 0.941. The molecule has 1 unspecified atom stereocenters. The van der Waals surface area contributed by atoms with Crippen molar-refractivity contribution in [1.29, 1.82) is 0 Å². The summed E-state index contributed by atoms with van der Waals surface area (Å²) < 4.78 is 13.0. The summed E-state index contributed by atoms with van der Waals surface area (Å²) in [5.74, 6) is -0.514. The number of carbonyl (C=O) groups is 1. The Morgan fingerprint density at radius 3 is 2.48 bits per heavy atom. The molecule has 2 aromatic carbocycles. The Balaban J connectivity index is 1.99. The fraction of sp³-hybridized carbons (Fsp3) is 0.235. The molecule has 4 heteroatoms. The van der Waals surface area contributed by atoms with Gasteiger partial charge in [0.1, 0.15) is 5.82 Å². The molecule has 0 spiro atoms. The number of nitrogens with zero attached hydrogens (tertiary/aromatic N) is 1. The van der Waals surface area contributed by atoms with Crippen molar-refractivity contribution in [3.8, 4) is 0 Å². The van der Waals surface area contributed by atoms with Crippen LogP contribution in [0.25, 0.3) is 0 Å². The smallest absolute Gasteiger partial charge is 0.257 e. The standard InChI is InChI=1S/C17H16FNO2/c1-2-17(21)15-6-4-3-5-14(15)16(20)19(17)11-12-7-9-13(18)10-8-12/h3-10,21H,2,11H2,1H3. The lowest BCUT2D eigenvalue weighted by Crippen LogP contribution is -2.42. The van der Waals surface area contributed by atoms with E-state index in [4.69, 9.17) is 0 Å². The Kier molecular flexibility index (Phi) is 3.26. The minimum atomic E-state index is -1.30. The van der Waals surface area contributed by atoms with Gasteiger partial charge in [-0.3, -0.25) is 4.79 Å². The molecule has 1 aliphatic heterocycles. The first kappa shape index (κ1) is 13.8. The third-order valence-corrected chi connectivity index (χ3v) is 4.03. The van der Waals surface area contributed by atoms with E-state index in [2.05, 4.69) is 0 Å². The normalized spacial score (nSPS) is 20.7. The maximum Gasteiger partial charge on any atom is 0.257 e. The second kappa shape index (κ2) is 4.97. The second-order valence-corrected chi connectivity index (χ2v) is 5.23. The van der Waals surface area contributed by atoms with E-state index in [9.17, 15) is 14.3 Å². The minimum absolute atomic E-state index is 0.195. The highest BCUT2D eigenvalue weighted by molar-refractivity contribution is 5.99. The average Bonchev–Trinajstić information content (AvgIpc) is 2.72. The topological polar surface area (TPSA) is 40.5 Å². The summed E-state index contributed by atoms with van der Waals surface area (Å²) in [5, 5.41) is 10.9. The SMILES string of the molecule is CCC1(O)c2ccccc2C(=O)N1Cc1ccc(F)cc1. The van der Waals surface area contributed by atoms with Gasteiger partial charge in [-0.1, -0.05) is 37.3 Å². The summed E-state index contributed by atoms with van der Waals surface area (Å²) in [6, 6.07) is 13.1. The Morgan fingerprint density at radius 1 is 1.14 bits per heavy atom. The lowest BCUT2D eigenvalue weighted by Gasteiger charge is -2.33. The van der Waals surface area contributed by atoms with Crippen molar-refractivity contribution in [3.63, 3.8) is 0 Å². The van der Waals surface area contributed by atoms with Crippen LogP contribution >= 0.6 is 0 Å². The Labute approximate surface area is 122 Å². The number of rotatable bonds is 3. The largest absolute Gasteiger partial charge is 0.367 e. The minimum Gasteiger partial charge on any atom is -0.367 e. The van der Waals surface area contributed by atoms with E-state index in [1.54, 1.807) is 30.3 Å². The zero-order valence-corrected chi connectivity index (χ0v) is 11.7. The van der Waals surface area contributed by atoms with Crippen LogP contribution in [0, 0.1) is 5.82 Å². The predicted octanol–water partition coefficient (Wildman–Crippen LogP) is 3.04. The molecule has 0 saturated carbocycles. The van der Waals surface area contributed by atoms with E-state index in [1.165, 1.54) is 17.0 Å². The second-order valence-electron chi connectivity index (χ2n) is 5.23. The molecule has 1 aliphatic rings. The molecular formula is C17H16FNO2. The number of fused-ring (bicyclic) bond motifs is 1. The van der Waals surface area contributed by atoms with Gasteiger partial charge in [0, 0.05) is 17.7 Å². The zero-order chi connectivity index (χ0) is 15.0. The Bertz CT molecular complexity index is 683. The first-order chi connectivity index (χ1) is 10.1. The molecule has 0 aliphatic carbocycles. The van der Waals surface area contributed by atoms with Gasteiger partial charge in [0.05, 0.1) is 0 Å². The van der Waals surface area contributed by atoms with Crippen LogP contribution in [0.3, 0.4) is 0 Å². The summed E-state index contributed by atoms with van der Waals surface area (Å²) in [6.07, 6.45) is 0.400. The number of carbonyl (C=O) groups excluding carboxylic acids is 1. The lowest BCUT2D eigenvalue weighted by atomic mass is 9.99. The molecule has 0 radical (unpaired) electrons. The Hall–Kier alpha value is -2.20. The number of halogens is 1. The fourth-order valence-corrected chi connectivity index (χ4v) is 2.83. The van der Waals surface area contributed by atoms with Crippen molar-refractivity contribution in [3.05, 3.63) is 71.0 Å². The number of hydrogen-bond donors (Lipinski definition) is 1. The van der Waals surface area contributed by atoms with Crippen LogP contribution in [0.2, 0.25) is 0 Å². The van der Waals surface area contributed by atoms with Crippen LogP contribution in [0.15, 0.2) is 48.5 Å². The highest BCUT2D eigenvalue weighted by Gasteiger charge is 2.46. The highest BCUT2D eigenvalue weighted by Crippen LogP contribution is 2.40. The summed E-state index contributed by atoms with van der Waals surface area (Å²) >= 11 is 0. The van der Waals surface area contributed by atoms with E-state index in [0.29, 0.717) is 17.5 Å². The van der Waals surface area contributed by atoms with Gasteiger partial charge in [0.15, 0.2) is 5.72 Å². The van der Waals surface area contributed by atoms with Crippen LogP contribution in [0.4, 0.5) is 4.39 Å². The molecular weight excluding hydrogens is 269 g/mol. The molecule has 1 atom stereocenters. The van der Waals surface area contributed by atoms with Gasteiger partial charge >= 0.3 is 0 Å². The number of hydrogen-bond acceptors (Lipinski definition) is 2. The number of amides is 1. The van der Waals surface area contributed by atoms with Crippen LogP contribution in [-0.4, -0.2) is 15.9 Å². The molecule has 21 heavy (non-hydrogen) atoms. The molecule has 3 nitrogen and oxygen atoms in total. The zero-order valence-electron chi connectivity index (χ0n) is 11.7. The van der Waals surface area contributed by atoms with Crippen molar-refractivity contribution in [2.24, 2.45) is 0 Å². The van der Waals surface area contributed by atoms with Crippen molar-refractivity contribution >= 4 is 5.91 Å². The first-order valence-electron chi connectivity index (χ1n) is 6.94. The molecule has 0 bridgehead atoms. The maximum absolute atomic E-state index is 13.0. The highest BCUT2D eigenvalue weighted by atomic mass is 19.1. The van der Waals surface area contributed by atoms with E-state index >= 15 is 0 Å². The summed E-state index contributed by atoms with van der Waals surface area (Å²) in [5.41, 5.74) is 0.648. The van der Waals surface area contributed by atoms with Crippen LogP contribution < -0.4 is 0 Å². The molecule has 0 saturated heterocycles. The summed E-state index contributed by atoms with van der Waals surface area (Å²) in [7, 11) is 0. The molecule has 1 amide bonds. The van der Waals surface area contributed by atoms with E-state index in [-0.39, 0.29) is 18.3 Å². The van der Waals surface area contributed by atoms with Gasteiger partial charge in [0.25, 0.3) is 5.91 Å². The third-order valence-electron chi connectivity index (χ3n) is 4.03. The van der Waals surface area contributed by atoms with E-state index in [0.717, 1.165) is 5.56 Å². The van der Waals surface area contributed by atoms with Gasteiger partial charge in [-0.15, -0.1) is 0 Å². The molecule has 3 rings (SSSR count). The molecule has 0 aromatic heterocycles. The van der Waals surface area contributed by atoms with Crippen LogP contribution in [-0.2, 0) is 12.3 Å². The van der Waals surface area contributed by atoms with Gasteiger partial charge in [-0.25, -0.2) is 4.39 Å². The van der Waals surface area contributed by atoms with E-state index < -0.39 is 5.72 Å². The first-order valence-corrected chi connectivity index (χ1v) is 6.94. The fourth-order valence-electron chi connectivity index (χ4n) is 2.83. The van der Waals surface area contributed by atoms with Crippen molar-refractivity contribution in [1.82, 2.24) is 4.90 Å².